The summed E-state index contributed by atoms with van der Waals surface area (Å²) in [6, 6.07) is 8.54. The first-order chi connectivity index (χ1) is 11.2. The van der Waals surface area contributed by atoms with E-state index in [4.69, 9.17) is 0 Å². The Bertz CT molecular complexity index is 613. The minimum atomic E-state index is 0.786. The number of nitrogens with zero attached hydrogens (tertiary/aromatic N) is 3. The van der Waals surface area contributed by atoms with Crippen molar-refractivity contribution in [3.05, 3.63) is 53.6 Å². The van der Waals surface area contributed by atoms with Crippen molar-refractivity contribution in [2.75, 3.05) is 13.6 Å². The van der Waals surface area contributed by atoms with Crippen LogP contribution < -0.4 is 10.6 Å². The molecule has 5 heteroatoms. The Balaban J connectivity index is 1.63. The average Bonchev–Trinajstić information content (AvgIpc) is 2.97. The maximum atomic E-state index is 4.26. The zero-order chi connectivity index (χ0) is 16.5. The summed E-state index contributed by atoms with van der Waals surface area (Å²) in [5.41, 5.74) is 2.54. The van der Waals surface area contributed by atoms with E-state index in [1.807, 2.05) is 19.3 Å². The molecule has 2 N–H and O–H groups in total. The lowest BCUT2D eigenvalue weighted by molar-refractivity contribution is 0.588. The smallest absolute Gasteiger partial charge is 0.191 e. The molecule has 2 aromatic rings. The molecule has 23 heavy (non-hydrogen) atoms. The second-order valence-corrected chi connectivity index (χ2v) is 5.71. The minimum Gasteiger partial charge on any atom is -0.356 e. The normalized spacial score (nSPS) is 11.5. The van der Waals surface area contributed by atoms with E-state index in [-0.39, 0.29) is 0 Å². The van der Waals surface area contributed by atoms with Crippen LogP contribution in [0.5, 0.6) is 0 Å². The number of aliphatic imine (C=N–C) groups is 1. The van der Waals surface area contributed by atoms with Gasteiger partial charge in [-0.05, 0) is 32.3 Å². The number of aryl methyl sites for hydroxylation is 3. The molecular weight excluding hydrogens is 286 g/mol. The van der Waals surface area contributed by atoms with E-state index < -0.39 is 0 Å². The van der Waals surface area contributed by atoms with Gasteiger partial charge in [-0.1, -0.05) is 29.8 Å². The van der Waals surface area contributed by atoms with Crippen LogP contribution in [0.25, 0.3) is 0 Å². The van der Waals surface area contributed by atoms with Gasteiger partial charge >= 0.3 is 0 Å². The summed E-state index contributed by atoms with van der Waals surface area (Å²) in [5, 5.41) is 6.70. The highest BCUT2D eigenvalue weighted by Crippen LogP contribution is 2.02. The van der Waals surface area contributed by atoms with E-state index in [9.17, 15) is 0 Å². The molecule has 1 heterocycles. The monoisotopic (exact) mass is 313 g/mol. The van der Waals surface area contributed by atoms with Crippen LogP contribution in [-0.4, -0.2) is 29.1 Å². The number of hydrogen-bond acceptors (Lipinski definition) is 2. The van der Waals surface area contributed by atoms with Gasteiger partial charge in [-0.2, -0.15) is 0 Å². The SMILES string of the molecule is CN=C(NCCCCn1ccnc1C)NCc1ccc(C)cc1. The largest absolute Gasteiger partial charge is 0.356 e. The molecule has 0 aliphatic heterocycles. The predicted octanol–water partition coefficient (Wildman–Crippen LogP) is 2.65. The number of imidazole rings is 1. The molecule has 0 fully saturated rings. The van der Waals surface area contributed by atoms with Crippen LogP contribution in [0, 0.1) is 13.8 Å². The van der Waals surface area contributed by atoms with Crippen molar-refractivity contribution >= 4 is 5.96 Å². The quantitative estimate of drug-likeness (QED) is 0.469. The van der Waals surface area contributed by atoms with Crippen LogP contribution in [0.2, 0.25) is 0 Å². The summed E-state index contributed by atoms with van der Waals surface area (Å²) < 4.78 is 2.18. The summed E-state index contributed by atoms with van der Waals surface area (Å²) in [5.74, 6) is 1.93. The van der Waals surface area contributed by atoms with Crippen molar-refractivity contribution in [3.63, 3.8) is 0 Å². The number of nitrogens with one attached hydrogen (secondary N) is 2. The highest BCUT2D eigenvalue weighted by Gasteiger charge is 1.99. The number of rotatable bonds is 7. The van der Waals surface area contributed by atoms with Gasteiger partial charge < -0.3 is 15.2 Å². The lowest BCUT2D eigenvalue weighted by atomic mass is 10.1. The first-order valence-electron chi connectivity index (χ1n) is 8.17. The number of unbranched alkanes of at least 4 members (excludes halogenated alkanes) is 1. The number of hydrogen-bond donors (Lipinski definition) is 2. The first-order valence-corrected chi connectivity index (χ1v) is 8.17. The fourth-order valence-electron chi connectivity index (χ4n) is 2.37. The zero-order valence-electron chi connectivity index (χ0n) is 14.3. The predicted molar refractivity (Wildman–Crippen MR) is 95.6 cm³/mol. The molecular formula is C18H27N5. The maximum absolute atomic E-state index is 4.26. The molecule has 0 atom stereocenters. The van der Waals surface area contributed by atoms with Crippen LogP contribution in [0.1, 0.15) is 29.8 Å². The molecule has 0 saturated heterocycles. The molecule has 1 aromatic carbocycles. The molecule has 1 aromatic heterocycles. The molecule has 0 amide bonds. The van der Waals surface area contributed by atoms with Crippen LogP contribution in [-0.2, 0) is 13.1 Å². The molecule has 0 unspecified atom stereocenters. The Morgan fingerprint density at radius 1 is 1.13 bits per heavy atom. The van der Waals surface area contributed by atoms with Gasteiger partial charge in [-0.15, -0.1) is 0 Å². The van der Waals surface area contributed by atoms with Gasteiger partial charge in [0.15, 0.2) is 5.96 Å². The van der Waals surface area contributed by atoms with Gasteiger partial charge in [-0.3, -0.25) is 4.99 Å². The van der Waals surface area contributed by atoms with Gasteiger partial charge in [0.25, 0.3) is 0 Å². The van der Waals surface area contributed by atoms with Gasteiger partial charge in [0.2, 0.25) is 0 Å². The van der Waals surface area contributed by atoms with Crippen molar-refractivity contribution in [2.45, 2.75) is 39.8 Å². The summed E-state index contributed by atoms with van der Waals surface area (Å²) in [6.07, 6.45) is 6.11. The van der Waals surface area contributed by atoms with E-state index in [0.717, 1.165) is 44.3 Å². The molecule has 5 nitrogen and oxygen atoms in total. The second kappa shape index (κ2) is 8.98. The van der Waals surface area contributed by atoms with Gasteiger partial charge in [0, 0.05) is 39.1 Å². The van der Waals surface area contributed by atoms with Gasteiger partial charge in [0.1, 0.15) is 5.82 Å². The van der Waals surface area contributed by atoms with Crippen LogP contribution in [0.4, 0.5) is 0 Å². The van der Waals surface area contributed by atoms with Crippen molar-refractivity contribution < 1.29 is 0 Å². The lowest BCUT2D eigenvalue weighted by Gasteiger charge is -2.12. The molecule has 0 aliphatic rings. The Morgan fingerprint density at radius 3 is 2.57 bits per heavy atom. The first kappa shape index (κ1) is 17.1. The molecule has 0 bridgehead atoms. The van der Waals surface area contributed by atoms with Gasteiger partial charge in [-0.25, -0.2) is 4.98 Å². The number of guanidine groups is 1. The highest BCUT2D eigenvalue weighted by atomic mass is 15.2. The molecule has 2 rings (SSSR count). The molecule has 0 spiro atoms. The third kappa shape index (κ3) is 5.77. The molecule has 0 radical (unpaired) electrons. The van der Waals surface area contributed by atoms with Crippen molar-refractivity contribution in [1.29, 1.82) is 0 Å². The van der Waals surface area contributed by atoms with Crippen LogP contribution in [0.3, 0.4) is 0 Å². The summed E-state index contributed by atoms with van der Waals surface area (Å²) in [4.78, 5) is 8.50. The van der Waals surface area contributed by atoms with E-state index in [1.54, 1.807) is 7.05 Å². The molecule has 0 aliphatic carbocycles. The third-order valence-corrected chi connectivity index (χ3v) is 3.85. The zero-order valence-corrected chi connectivity index (χ0v) is 14.3. The molecule has 0 saturated carbocycles. The minimum absolute atomic E-state index is 0.786. The summed E-state index contributed by atoms with van der Waals surface area (Å²) >= 11 is 0. The van der Waals surface area contributed by atoms with Crippen molar-refractivity contribution in [3.8, 4) is 0 Å². The topological polar surface area (TPSA) is 54.2 Å². The van der Waals surface area contributed by atoms with Crippen LogP contribution in [0.15, 0.2) is 41.7 Å². The van der Waals surface area contributed by atoms with Gasteiger partial charge in [0.05, 0.1) is 0 Å². The highest BCUT2D eigenvalue weighted by molar-refractivity contribution is 5.79. The Morgan fingerprint density at radius 2 is 1.91 bits per heavy atom. The number of aromatic nitrogens is 2. The van der Waals surface area contributed by atoms with Crippen LogP contribution >= 0.6 is 0 Å². The third-order valence-electron chi connectivity index (χ3n) is 3.85. The van der Waals surface area contributed by atoms with E-state index in [0.29, 0.717) is 0 Å². The van der Waals surface area contributed by atoms with E-state index >= 15 is 0 Å². The maximum Gasteiger partial charge on any atom is 0.191 e. The lowest BCUT2D eigenvalue weighted by Crippen LogP contribution is -2.37. The van der Waals surface area contributed by atoms with Crippen molar-refractivity contribution in [1.82, 2.24) is 20.2 Å². The fraction of sp³-hybridized carbons (Fsp3) is 0.444. The van der Waals surface area contributed by atoms with E-state index in [2.05, 4.69) is 56.4 Å². The van der Waals surface area contributed by atoms with Crippen molar-refractivity contribution in [2.24, 2.45) is 4.99 Å². The Hall–Kier alpha value is -2.30. The standard InChI is InChI=1S/C18H27N5/c1-15-6-8-17(9-7-15)14-22-18(19-3)21-10-4-5-12-23-13-11-20-16(23)2/h6-9,11,13H,4-5,10,12,14H2,1-3H3,(H2,19,21,22). The summed E-state index contributed by atoms with van der Waals surface area (Å²) in [7, 11) is 1.80. The number of benzene rings is 1. The fourth-order valence-corrected chi connectivity index (χ4v) is 2.37. The van der Waals surface area contributed by atoms with E-state index in [1.165, 1.54) is 11.1 Å². The summed E-state index contributed by atoms with van der Waals surface area (Å²) in [6.45, 7) is 6.86. The molecule has 124 valence electrons. The Kier molecular flexibility index (Phi) is 6.66. The second-order valence-electron chi connectivity index (χ2n) is 5.71. The average molecular weight is 313 g/mol. The Labute approximate surface area is 138 Å².